The largest absolute Gasteiger partial charge is 0.493 e. The van der Waals surface area contributed by atoms with Gasteiger partial charge in [0.2, 0.25) is 11.8 Å². The predicted molar refractivity (Wildman–Crippen MR) is 158 cm³/mol. The predicted octanol–water partition coefficient (Wildman–Crippen LogP) is 4.52. The standard InChI is InChI=1S/C29H34BrN3O6S/c1-6-31-29(35)21(3)32(18-22-9-11-23(30)12-10-22)28(34)19-33(24-13-7-20(2)8-14-24)40(36,37)25-15-16-26(38-4)27(17-25)39-5/h7-17,21H,6,18-19H2,1-5H3,(H,31,35)/t21-/m0/s1. The second kappa shape index (κ2) is 13.7. The Morgan fingerprint density at radius 2 is 1.57 bits per heavy atom. The molecule has 0 bridgehead atoms. The summed E-state index contributed by atoms with van der Waals surface area (Å²) in [5.41, 5.74) is 2.03. The summed E-state index contributed by atoms with van der Waals surface area (Å²) in [6.07, 6.45) is 0. The highest BCUT2D eigenvalue weighted by Crippen LogP contribution is 2.32. The van der Waals surface area contributed by atoms with Crippen LogP contribution in [0.5, 0.6) is 11.5 Å². The Morgan fingerprint density at radius 3 is 2.15 bits per heavy atom. The molecule has 3 rings (SSSR count). The van der Waals surface area contributed by atoms with E-state index in [1.807, 2.05) is 31.2 Å². The van der Waals surface area contributed by atoms with Crippen LogP contribution in [-0.2, 0) is 26.2 Å². The third kappa shape index (κ3) is 7.33. The van der Waals surface area contributed by atoms with Gasteiger partial charge in [-0.15, -0.1) is 0 Å². The maximum Gasteiger partial charge on any atom is 0.264 e. The smallest absolute Gasteiger partial charge is 0.264 e. The molecule has 0 heterocycles. The number of ether oxygens (including phenoxy) is 2. The summed E-state index contributed by atoms with van der Waals surface area (Å²) in [5, 5.41) is 2.75. The molecule has 0 spiro atoms. The third-order valence-electron chi connectivity index (χ3n) is 6.33. The van der Waals surface area contributed by atoms with Gasteiger partial charge in [0.1, 0.15) is 12.6 Å². The minimum atomic E-state index is -4.24. The van der Waals surface area contributed by atoms with Crippen LogP contribution in [0.2, 0.25) is 0 Å². The highest BCUT2D eigenvalue weighted by molar-refractivity contribution is 9.10. The van der Waals surface area contributed by atoms with Crippen LogP contribution < -0.4 is 19.1 Å². The first kappa shape index (κ1) is 31.0. The number of nitrogens with zero attached hydrogens (tertiary/aromatic N) is 2. The van der Waals surface area contributed by atoms with Gasteiger partial charge in [0.05, 0.1) is 24.8 Å². The molecule has 1 N–H and O–H groups in total. The Balaban J connectivity index is 2.06. The van der Waals surface area contributed by atoms with E-state index in [9.17, 15) is 18.0 Å². The molecular formula is C29H34BrN3O6S. The van der Waals surface area contributed by atoms with Crippen molar-refractivity contribution in [2.45, 2.75) is 38.3 Å². The number of benzene rings is 3. The topological polar surface area (TPSA) is 105 Å². The van der Waals surface area contributed by atoms with Gasteiger partial charge in [-0.05, 0) is 62.7 Å². The SMILES string of the molecule is CCNC(=O)[C@H](C)N(Cc1ccc(Br)cc1)C(=O)CN(c1ccc(C)cc1)S(=O)(=O)c1ccc(OC)c(OC)c1. The van der Waals surface area contributed by atoms with Crippen LogP contribution >= 0.6 is 15.9 Å². The number of carbonyl (C=O) groups is 2. The van der Waals surface area contributed by atoms with Crippen LogP contribution in [0, 0.1) is 6.92 Å². The number of anilines is 1. The fourth-order valence-electron chi connectivity index (χ4n) is 4.04. The number of nitrogens with one attached hydrogen (secondary N) is 1. The van der Waals surface area contributed by atoms with Crippen molar-refractivity contribution in [3.05, 3.63) is 82.3 Å². The Kier molecular flexibility index (Phi) is 10.6. The van der Waals surface area contributed by atoms with E-state index < -0.39 is 28.5 Å². The van der Waals surface area contributed by atoms with Crippen molar-refractivity contribution in [1.82, 2.24) is 10.2 Å². The Labute approximate surface area is 244 Å². The average Bonchev–Trinajstić information content (AvgIpc) is 2.95. The number of methoxy groups -OCH3 is 2. The van der Waals surface area contributed by atoms with Gasteiger partial charge in [0.15, 0.2) is 11.5 Å². The molecule has 2 amide bonds. The van der Waals surface area contributed by atoms with Crippen molar-refractivity contribution in [3.8, 4) is 11.5 Å². The number of sulfonamides is 1. The maximum absolute atomic E-state index is 14.0. The number of amides is 2. The summed E-state index contributed by atoms with van der Waals surface area (Å²) in [4.78, 5) is 28.0. The molecule has 0 aliphatic heterocycles. The highest BCUT2D eigenvalue weighted by Gasteiger charge is 2.33. The summed E-state index contributed by atoms with van der Waals surface area (Å²) in [6, 6.07) is 17.6. The molecule has 0 radical (unpaired) electrons. The van der Waals surface area contributed by atoms with Crippen molar-refractivity contribution in [2.75, 3.05) is 31.6 Å². The zero-order chi connectivity index (χ0) is 29.4. The number of hydrogen-bond acceptors (Lipinski definition) is 6. The second-order valence-corrected chi connectivity index (χ2v) is 11.9. The summed E-state index contributed by atoms with van der Waals surface area (Å²) < 4.78 is 40.5. The molecule has 0 unspecified atom stereocenters. The number of halogens is 1. The summed E-state index contributed by atoms with van der Waals surface area (Å²) >= 11 is 3.41. The molecule has 3 aromatic rings. The average molecular weight is 633 g/mol. The first-order valence-electron chi connectivity index (χ1n) is 12.6. The third-order valence-corrected chi connectivity index (χ3v) is 8.63. The van der Waals surface area contributed by atoms with Crippen LogP contribution in [0.15, 0.2) is 76.1 Å². The summed E-state index contributed by atoms with van der Waals surface area (Å²) in [5.74, 6) is -0.264. The first-order valence-corrected chi connectivity index (χ1v) is 14.9. The van der Waals surface area contributed by atoms with E-state index >= 15 is 0 Å². The Bertz CT molecular complexity index is 1430. The molecule has 214 valence electrons. The van der Waals surface area contributed by atoms with E-state index in [1.54, 1.807) is 38.1 Å². The fourth-order valence-corrected chi connectivity index (χ4v) is 5.73. The Morgan fingerprint density at radius 1 is 0.950 bits per heavy atom. The minimum Gasteiger partial charge on any atom is -0.493 e. The van der Waals surface area contributed by atoms with Crippen LogP contribution in [0.1, 0.15) is 25.0 Å². The van der Waals surface area contributed by atoms with Crippen molar-refractivity contribution < 1.29 is 27.5 Å². The Hall–Kier alpha value is -3.57. The molecule has 0 aromatic heterocycles. The van der Waals surface area contributed by atoms with Gasteiger partial charge in [-0.25, -0.2) is 8.42 Å². The number of aryl methyl sites for hydroxylation is 1. The minimum absolute atomic E-state index is 0.0743. The van der Waals surface area contributed by atoms with E-state index in [1.165, 1.54) is 37.3 Å². The van der Waals surface area contributed by atoms with Crippen molar-refractivity contribution in [3.63, 3.8) is 0 Å². The summed E-state index contributed by atoms with van der Waals surface area (Å²) in [7, 11) is -1.37. The number of carbonyl (C=O) groups excluding carboxylic acids is 2. The van der Waals surface area contributed by atoms with E-state index in [-0.39, 0.29) is 23.1 Å². The van der Waals surface area contributed by atoms with E-state index in [0.717, 1.165) is 19.9 Å². The molecule has 0 aliphatic carbocycles. The highest BCUT2D eigenvalue weighted by atomic mass is 79.9. The van der Waals surface area contributed by atoms with Crippen LogP contribution in [0.25, 0.3) is 0 Å². The van der Waals surface area contributed by atoms with Crippen molar-refractivity contribution in [2.24, 2.45) is 0 Å². The quantitative estimate of drug-likeness (QED) is 0.315. The van der Waals surface area contributed by atoms with Gasteiger partial charge in [-0.1, -0.05) is 45.8 Å². The second-order valence-electron chi connectivity index (χ2n) is 9.08. The molecular weight excluding hydrogens is 598 g/mol. The number of rotatable bonds is 12. The molecule has 40 heavy (non-hydrogen) atoms. The molecule has 9 nitrogen and oxygen atoms in total. The summed E-state index contributed by atoms with van der Waals surface area (Å²) in [6.45, 7) is 5.28. The van der Waals surface area contributed by atoms with Crippen LogP contribution in [0.4, 0.5) is 5.69 Å². The zero-order valence-electron chi connectivity index (χ0n) is 23.2. The van der Waals surface area contributed by atoms with Gasteiger partial charge in [0.25, 0.3) is 10.0 Å². The lowest BCUT2D eigenvalue weighted by Gasteiger charge is -2.32. The zero-order valence-corrected chi connectivity index (χ0v) is 25.6. The van der Waals surface area contributed by atoms with Crippen molar-refractivity contribution >= 4 is 43.5 Å². The molecule has 0 saturated carbocycles. The normalized spacial score (nSPS) is 11.8. The van der Waals surface area contributed by atoms with Gasteiger partial charge in [0, 0.05) is 23.6 Å². The molecule has 0 aliphatic rings. The molecule has 0 fully saturated rings. The lowest BCUT2D eigenvalue weighted by molar-refractivity contribution is -0.139. The van der Waals surface area contributed by atoms with E-state index in [0.29, 0.717) is 18.0 Å². The fraction of sp³-hybridized carbons (Fsp3) is 0.310. The number of hydrogen-bond donors (Lipinski definition) is 1. The first-order chi connectivity index (χ1) is 19.0. The lowest BCUT2D eigenvalue weighted by Crippen LogP contribution is -2.51. The molecule has 11 heteroatoms. The van der Waals surface area contributed by atoms with Crippen LogP contribution in [0.3, 0.4) is 0 Å². The van der Waals surface area contributed by atoms with Gasteiger partial charge in [-0.2, -0.15) is 0 Å². The van der Waals surface area contributed by atoms with Gasteiger partial charge in [-0.3, -0.25) is 13.9 Å². The monoisotopic (exact) mass is 631 g/mol. The molecule has 3 aromatic carbocycles. The van der Waals surface area contributed by atoms with Crippen molar-refractivity contribution in [1.29, 1.82) is 0 Å². The van der Waals surface area contributed by atoms with Gasteiger partial charge < -0.3 is 19.7 Å². The van der Waals surface area contributed by atoms with E-state index in [2.05, 4.69) is 21.2 Å². The molecule has 1 atom stereocenters. The van der Waals surface area contributed by atoms with E-state index in [4.69, 9.17) is 9.47 Å². The van der Waals surface area contributed by atoms with Gasteiger partial charge >= 0.3 is 0 Å². The lowest BCUT2D eigenvalue weighted by atomic mass is 10.1. The molecule has 0 saturated heterocycles. The van der Waals surface area contributed by atoms with Crippen LogP contribution in [-0.4, -0.2) is 58.5 Å². The number of likely N-dealkylation sites (N-methyl/N-ethyl adjacent to an activating group) is 1. The maximum atomic E-state index is 14.0.